The molecule has 2 N–H and O–H groups in total. The molecular weight excluding hydrogens is 276 g/mol. The lowest BCUT2D eigenvalue weighted by Gasteiger charge is -2.17. The minimum Gasteiger partial charge on any atom is -0.394 e. The van der Waals surface area contributed by atoms with Crippen molar-refractivity contribution in [1.82, 2.24) is 9.88 Å². The minimum atomic E-state index is -0.428. The van der Waals surface area contributed by atoms with Gasteiger partial charge in [-0.15, -0.1) is 0 Å². The van der Waals surface area contributed by atoms with Crippen molar-refractivity contribution in [3.05, 3.63) is 58.9 Å². The van der Waals surface area contributed by atoms with Gasteiger partial charge in [0.2, 0.25) is 0 Å². The Kier molecular flexibility index (Phi) is 4.82. The molecule has 2 aromatic rings. The standard InChI is InChI=1S/C15H17ClN2O2/c1-2-18-9-12(16)8-14(18)15(20)17-13(10-19)11-6-4-3-5-7-11/h3-9,13,19H,2,10H2,1H3,(H,17,20). The van der Waals surface area contributed by atoms with E-state index >= 15 is 0 Å². The molecule has 1 amide bonds. The van der Waals surface area contributed by atoms with Crippen molar-refractivity contribution >= 4 is 17.5 Å². The monoisotopic (exact) mass is 292 g/mol. The second-order valence-electron chi connectivity index (χ2n) is 4.45. The van der Waals surface area contributed by atoms with Gasteiger partial charge in [-0.1, -0.05) is 41.9 Å². The third kappa shape index (κ3) is 3.21. The number of aliphatic hydroxyl groups excluding tert-OH is 1. The molecule has 2 rings (SSSR count). The first-order valence-corrected chi connectivity index (χ1v) is 6.85. The van der Waals surface area contributed by atoms with Gasteiger partial charge in [-0.3, -0.25) is 4.79 Å². The highest BCUT2D eigenvalue weighted by atomic mass is 35.5. The van der Waals surface area contributed by atoms with E-state index in [0.717, 1.165) is 5.56 Å². The lowest BCUT2D eigenvalue weighted by atomic mass is 10.1. The number of halogens is 1. The van der Waals surface area contributed by atoms with Crippen molar-refractivity contribution in [3.8, 4) is 0 Å². The summed E-state index contributed by atoms with van der Waals surface area (Å²) < 4.78 is 1.77. The number of nitrogens with zero attached hydrogens (tertiary/aromatic N) is 1. The maximum absolute atomic E-state index is 12.3. The van der Waals surface area contributed by atoms with Crippen molar-refractivity contribution < 1.29 is 9.90 Å². The summed E-state index contributed by atoms with van der Waals surface area (Å²) in [6, 6.07) is 10.6. The zero-order chi connectivity index (χ0) is 14.5. The summed E-state index contributed by atoms with van der Waals surface area (Å²) in [6.07, 6.45) is 1.72. The number of hydrogen-bond donors (Lipinski definition) is 2. The largest absolute Gasteiger partial charge is 0.394 e. The van der Waals surface area contributed by atoms with Gasteiger partial charge >= 0.3 is 0 Å². The van der Waals surface area contributed by atoms with Crippen molar-refractivity contribution in [2.75, 3.05) is 6.61 Å². The molecular formula is C15H17ClN2O2. The normalized spacial score (nSPS) is 12.2. The number of amides is 1. The molecule has 4 nitrogen and oxygen atoms in total. The minimum absolute atomic E-state index is 0.156. The molecule has 106 valence electrons. The van der Waals surface area contributed by atoms with Crippen LogP contribution in [0.2, 0.25) is 5.02 Å². The van der Waals surface area contributed by atoms with E-state index < -0.39 is 6.04 Å². The Morgan fingerprint density at radius 1 is 1.40 bits per heavy atom. The fourth-order valence-electron chi connectivity index (χ4n) is 2.08. The van der Waals surface area contributed by atoms with E-state index in [2.05, 4.69) is 5.32 Å². The molecule has 0 radical (unpaired) electrons. The van der Waals surface area contributed by atoms with Crippen LogP contribution in [0, 0.1) is 0 Å². The highest BCUT2D eigenvalue weighted by molar-refractivity contribution is 6.31. The van der Waals surface area contributed by atoms with Crippen LogP contribution in [-0.4, -0.2) is 22.2 Å². The number of aliphatic hydroxyl groups is 1. The molecule has 1 aromatic heterocycles. The summed E-state index contributed by atoms with van der Waals surface area (Å²) in [5.74, 6) is -0.248. The number of rotatable bonds is 5. The van der Waals surface area contributed by atoms with Crippen LogP contribution in [-0.2, 0) is 6.54 Å². The zero-order valence-corrected chi connectivity index (χ0v) is 12.0. The third-order valence-corrected chi connectivity index (χ3v) is 3.33. The van der Waals surface area contributed by atoms with Crippen molar-refractivity contribution in [2.24, 2.45) is 0 Å². The molecule has 0 spiro atoms. The number of aromatic nitrogens is 1. The van der Waals surface area contributed by atoms with Crippen LogP contribution in [0.15, 0.2) is 42.6 Å². The molecule has 0 saturated carbocycles. The fourth-order valence-corrected chi connectivity index (χ4v) is 2.30. The molecule has 1 aromatic carbocycles. The first-order chi connectivity index (χ1) is 9.65. The van der Waals surface area contributed by atoms with E-state index in [0.29, 0.717) is 17.3 Å². The summed E-state index contributed by atoms with van der Waals surface area (Å²) in [5.41, 5.74) is 1.36. The van der Waals surface area contributed by atoms with Crippen LogP contribution >= 0.6 is 11.6 Å². The van der Waals surface area contributed by atoms with Gasteiger partial charge in [0.1, 0.15) is 5.69 Å². The third-order valence-electron chi connectivity index (χ3n) is 3.13. The molecule has 0 fully saturated rings. The van der Waals surface area contributed by atoms with Crippen LogP contribution < -0.4 is 5.32 Å². The van der Waals surface area contributed by atoms with Crippen molar-refractivity contribution in [3.63, 3.8) is 0 Å². The lowest BCUT2D eigenvalue weighted by molar-refractivity contribution is 0.0907. The second-order valence-corrected chi connectivity index (χ2v) is 4.89. The number of nitrogens with one attached hydrogen (secondary N) is 1. The number of benzene rings is 1. The highest BCUT2D eigenvalue weighted by Crippen LogP contribution is 2.17. The molecule has 5 heteroatoms. The number of aryl methyl sites for hydroxylation is 1. The SMILES string of the molecule is CCn1cc(Cl)cc1C(=O)NC(CO)c1ccccc1. The predicted octanol–water partition coefficient (Wildman–Crippen LogP) is 2.62. The van der Waals surface area contributed by atoms with E-state index in [-0.39, 0.29) is 12.5 Å². The molecule has 1 atom stereocenters. The Bertz CT molecular complexity index is 581. The van der Waals surface area contributed by atoms with E-state index in [1.54, 1.807) is 16.8 Å². The summed E-state index contributed by atoms with van der Waals surface area (Å²) >= 11 is 5.93. The molecule has 20 heavy (non-hydrogen) atoms. The van der Waals surface area contributed by atoms with Gasteiger partial charge in [-0.05, 0) is 18.6 Å². The van der Waals surface area contributed by atoms with Crippen LogP contribution in [0.3, 0.4) is 0 Å². The van der Waals surface area contributed by atoms with Gasteiger partial charge in [0.25, 0.3) is 5.91 Å². The van der Waals surface area contributed by atoms with Crippen molar-refractivity contribution in [1.29, 1.82) is 0 Å². The zero-order valence-electron chi connectivity index (χ0n) is 11.2. The van der Waals surface area contributed by atoms with E-state index in [9.17, 15) is 9.90 Å². The molecule has 0 aliphatic rings. The van der Waals surface area contributed by atoms with Gasteiger partial charge in [-0.2, -0.15) is 0 Å². The smallest absolute Gasteiger partial charge is 0.268 e. The number of carbonyl (C=O) groups is 1. The summed E-state index contributed by atoms with van der Waals surface area (Å²) in [7, 11) is 0. The number of carbonyl (C=O) groups excluding carboxylic acids is 1. The molecule has 0 saturated heterocycles. The van der Waals surface area contributed by atoms with E-state index in [4.69, 9.17) is 11.6 Å². The topological polar surface area (TPSA) is 54.3 Å². The van der Waals surface area contributed by atoms with E-state index in [1.807, 2.05) is 37.3 Å². The second kappa shape index (κ2) is 6.59. The first kappa shape index (κ1) is 14.6. The molecule has 0 bridgehead atoms. The van der Waals surface area contributed by atoms with Crippen LogP contribution in [0.4, 0.5) is 0 Å². The Balaban J connectivity index is 2.17. The van der Waals surface area contributed by atoms with Gasteiger partial charge in [-0.25, -0.2) is 0 Å². The van der Waals surface area contributed by atoms with E-state index in [1.165, 1.54) is 0 Å². The fraction of sp³-hybridized carbons (Fsp3) is 0.267. The van der Waals surface area contributed by atoms with Crippen LogP contribution in [0.5, 0.6) is 0 Å². The van der Waals surface area contributed by atoms with Gasteiger partial charge in [0.15, 0.2) is 0 Å². The quantitative estimate of drug-likeness (QED) is 0.890. The Morgan fingerprint density at radius 2 is 2.10 bits per heavy atom. The van der Waals surface area contributed by atoms with Gasteiger partial charge in [0, 0.05) is 12.7 Å². The molecule has 0 aliphatic carbocycles. The lowest BCUT2D eigenvalue weighted by Crippen LogP contribution is -2.32. The van der Waals surface area contributed by atoms with Gasteiger partial charge in [0.05, 0.1) is 17.7 Å². The molecule has 0 aliphatic heterocycles. The average Bonchev–Trinajstić information content (AvgIpc) is 2.86. The first-order valence-electron chi connectivity index (χ1n) is 6.48. The Hall–Kier alpha value is -1.78. The maximum atomic E-state index is 12.3. The Morgan fingerprint density at radius 3 is 2.70 bits per heavy atom. The number of hydrogen-bond acceptors (Lipinski definition) is 2. The Labute approximate surface area is 123 Å². The van der Waals surface area contributed by atoms with Crippen LogP contribution in [0.25, 0.3) is 0 Å². The maximum Gasteiger partial charge on any atom is 0.268 e. The molecule has 1 unspecified atom stereocenters. The van der Waals surface area contributed by atoms with Gasteiger partial charge < -0.3 is 15.0 Å². The van der Waals surface area contributed by atoms with Crippen molar-refractivity contribution in [2.45, 2.75) is 19.5 Å². The highest BCUT2D eigenvalue weighted by Gasteiger charge is 2.17. The van der Waals surface area contributed by atoms with Crippen LogP contribution in [0.1, 0.15) is 29.0 Å². The predicted molar refractivity (Wildman–Crippen MR) is 78.9 cm³/mol. The summed E-state index contributed by atoms with van der Waals surface area (Å²) in [4.78, 5) is 12.3. The molecule has 1 heterocycles. The summed E-state index contributed by atoms with van der Waals surface area (Å²) in [5, 5.41) is 12.8. The average molecular weight is 293 g/mol. The summed E-state index contributed by atoms with van der Waals surface area (Å²) in [6.45, 7) is 2.44.